The number of non-ortho nitro benzene ring substituents is 1. The fraction of sp³-hybridized carbons (Fsp3) is 0.167. The molecule has 0 aliphatic carbocycles. The minimum absolute atomic E-state index is 0.0542. The van der Waals surface area contributed by atoms with E-state index in [0.29, 0.717) is 18.8 Å². The van der Waals surface area contributed by atoms with Gasteiger partial charge >= 0.3 is 0 Å². The maximum atomic E-state index is 10.7. The largest absolute Gasteiger partial charge is 0.330 e. The van der Waals surface area contributed by atoms with Crippen molar-refractivity contribution < 1.29 is 4.92 Å². The van der Waals surface area contributed by atoms with E-state index in [4.69, 9.17) is 5.73 Å². The highest BCUT2D eigenvalue weighted by atomic mass is 16.6. The van der Waals surface area contributed by atoms with Gasteiger partial charge in [-0.25, -0.2) is 9.97 Å². The normalized spacial score (nSPS) is 10.3. The second kappa shape index (κ2) is 5.33. The maximum absolute atomic E-state index is 10.7. The summed E-state index contributed by atoms with van der Waals surface area (Å²) < 4.78 is 0. The average molecular weight is 244 g/mol. The summed E-state index contributed by atoms with van der Waals surface area (Å²) in [6.07, 6.45) is 3.92. The van der Waals surface area contributed by atoms with Gasteiger partial charge in [0.25, 0.3) is 5.69 Å². The molecule has 2 aromatic rings. The molecule has 6 nitrogen and oxygen atoms in total. The standard InChI is InChI=1S/C12H12N4O2/c13-5-4-12-14-7-10(8-15-12)9-2-1-3-11(6-9)16(17)18/h1-3,6-8H,4-5,13H2. The summed E-state index contributed by atoms with van der Waals surface area (Å²) >= 11 is 0. The van der Waals surface area contributed by atoms with E-state index in [2.05, 4.69) is 9.97 Å². The SMILES string of the molecule is NCCc1ncc(-c2cccc([N+](=O)[O-])c2)cn1. The minimum atomic E-state index is -0.423. The molecule has 2 N–H and O–H groups in total. The lowest BCUT2D eigenvalue weighted by molar-refractivity contribution is -0.384. The van der Waals surface area contributed by atoms with Crippen molar-refractivity contribution >= 4 is 5.69 Å². The summed E-state index contributed by atoms with van der Waals surface area (Å²) in [6.45, 7) is 0.496. The maximum Gasteiger partial charge on any atom is 0.270 e. The Balaban J connectivity index is 2.30. The van der Waals surface area contributed by atoms with E-state index in [0.717, 1.165) is 11.1 Å². The molecule has 0 aliphatic rings. The predicted molar refractivity (Wildman–Crippen MR) is 66.9 cm³/mol. The first-order valence-electron chi connectivity index (χ1n) is 5.46. The molecule has 1 aromatic carbocycles. The van der Waals surface area contributed by atoms with Gasteiger partial charge in [-0.2, -0.15) is 0 Å². The Morgan fingerprint density at radius 2 is 1.94 bits per heavy atom. The molecule has 18 heavy (non-hydrogen) atoms. The summed E-state index contributed by atoms with van der Waals surface area (Å²) in [7, 11) is 0. The molecule has 0 radical (unpaired) electrons. The summed E-state index contributed by atoms with van der Waals surface area (Å²) in [4.78, 5) is 18.6. The van der Waals surface area contributed by atoms with Crippen molar-refractivity contribution in [3.05, 3.63) is 52.6 Å². The van der Waals surface area contributed by atoms with E-state index in [1.165, 1.54) is 12.1 Å². The van der Waals surface area contributed by atoms with Crippen LogP contribution in [0.4, 0.5) is 5.69 Å². The number of benzene rings is 1. The topological polar surface area (TPSA) is 94.9 Å². The van der Waals surface area contributed by atoms with Gasteiger partial charge in [0, 0.05) is 36.5 Å². The number of nitro groups is 1. The van der Waals surface area contributed by atoms with E-state index in [1.807, 2.05) is 0 Å². The highest BCUT2D eigenvalue weighted by Crippen LogP contribution is 2.22. The summed E-state index contributed by atoms with van der Waals surface area (Å²) in [5, 5.41) is 10.7. The van der Waals surface area contributed by atoms with Crippen molar-refractivity contribution in [3.8, 4) is 11.1 Å². The van der Waals surface area contributed by atoms with Crippen molar-refractivity contribution in [2.75, 3.05) is 6.54 Å². The Morgan fingerprint density at radius 1 is 1.22 bits per heavy atom. The van der Waals surface area contributed by atoms with Crippen molar-refractivity contribution in [3.63, 3.8) is 0 Å². The zero-order valence-corrected chi connectivity index (χ0v) is 9.61. The minimum Gasteiger partial charge on any atom is -0.330 e. The number of rotatable bonds is 4. The molecular weight excluding hydrogens is 232 g/mol. The van der Waals surface area contributed by atoms with Gasteiger partial charge in [0.05, 0.1) is 4.92 Å². The number of hydrogen-bond acceptors (Lipinski definition) is 5. The quantitative estimate of drug-likeness (QED) is 0.650. The molecular formula is C12H12N4O2. The number of nitrogens with zero attached hydrogens (tertiary/aromatic N) is 3. The average Bonchev–Trinajstić information content (AvgIpc) is 2.40. The second-order valence-corrected chi connectivity index (χ2v) is 3.73. The molecule has 0 bridgehead atoms. The first-order chi connectivity index (χ1) is 8.70. The third-order valence-electron chi connectivity index (χ3n) is 2.46. The Hall–Kier alpha value is -2.34. The smallest absolute Gasteiger partial charge is 0.270 e. The lowest BCUT2D eigenvalue weighted by atomic mass is 10.1. The van der Waals surface area contributed by atoms with Gasteiger partial charge in [0.1, 0.15) is 5.82 Å². The van der Waals surface area contributed by atoms with Gasteiger partial charge in [-0.15, -0.1) is 0 Å². The molecule has 0 saturated carbocycles. The van der Waals surface area contributed by atoms with Gasteiger partial charge in [0.15, 0.2) is 0 Å². The summed E-state index contributed by atoms with van der Waals surface area (Å²) in [5.74, 6) is 0.673. The van der Waals surface area contributed by atoms with Gasteiger partial charge < -0.3 is 5.73 Å². The first kappa shape index (κ1) is 12.1. The Bertz CT molecular complexity index is 554. The van der Waals surface area contributed by atoms with Crippen LogP contribution in [0.5, 0.6) is 0 Å². The Morgan fingerprint density at radius 3 is 2.56 bits per heavy atom. The second-order valence-electron chi connectivity index (χ2n) is 3.73. The highest BCUT2D eigenvalue weighted by molar-refractivity contribution is 5.64. The molecule has 1 aromatic heterocycles. The molecule has 0 saturated heterocycles. The molecule has 0 amide bonds. The third kappa shape index (κ3) is 2.67. The molecule has 0 aliphatic heterocycles. The van der Waals surface area contributed by atoms with Crippen LogP contribution in [-0.4, -0.2) is 21.4 Å². The molecule has 0 fully saturated rings. The van der Waals surface area contributed by atoms with Crippen LogP contribution in [0.15, 0.2) is 36.7 Å². The zero-order chi connectivity index (χ0) is 13.0. The van der Waals surface area contributed by atoms with Crippen molar-refractivity contribution in [1.29, 1.82) is 0 Å². The predicted octanol–water partition coefficient (Wildman–Crippen LogP) is 1.55. The third-order valence-corrected chi connectivity index (χ3v) is 2.46. The van der Waals surface area contributed by atoms with Crippen LogP contribution in [0.3, 0.4) is 0 Å². The monoisotopic (exact) mass is 244 g/mol. The van der Waals surface area contributed by atoms with E-state index >= 15 is 0 Å². The van der Waals surface area contributed by atoms with Gasteiger partial charge in [0.2, 0.25) is 0 Å². The van der Waals surface area contributed by atoms with E-state index < -0.39 is 4.92 Å². The molecule has 6 heteroatoms. The van der Waals surface area contributed by atoms with Crippen LogP contribution in [0.25, 0.3) is 11.1 Å². The Labute approximate surface area is 104 Å². The first-order valence-corrected chi connectivity index (χ1v) is 5.46. The number of hydrogen-bond donors (Lipinski definition) is 1. The van der Waals surface area contributed by atoms with Gasteiger partial charge in [-0.05, 0) is 12.1 Å². The van der Waals surface area contributed by atoms with E-state index in [1.54, 1.807) is 24.5 Å². The van der Waals surface area contributed by atoms with Crippen LogP contribution in [0, 0.1) is 10.1 Å². The lowest BCUT2D eigenvalue weighted by Gasteiger charge is -2.02. The zero-order valence-electron chi connectivity index (χ0n) is 9.61. The van der Waals surface area contributed by atoms with Crippen molar-refractivity contribution in [2.24, 2.45) is 5.73 Å². The van der Waals surface area contributed by atoms with Crippen LogP contribution < -0.4 is 5.73 Å². The highest BCUT2D eigenvalue weighted by Gasteiger charge is 2.07. The van der Waals surface area contributed by atoms with Crippen LogP contribution >= 0.6 is 0 Å². The molecule has 0 atom stereocenters. The van der Waals surface area contributed by atoms with Gasteiger partial charge in [-0.1, -0.05) is 12.1 Å². The molecule has 0 unspecified atom stereocenters. The van der Waals surface area contributed by atoms with Gasteiger partial charge in [-0.3, -0.25) is 10.1 Å². The lowest BCUT2D eigenvalue weighted by Crippen LogP contribution is -2.06. The number of nitrogens with two attached hydrogens (primary N) is 1. The van der Waals surface area contributed by atoms with Crippen LogP contribution in [0.2, 0.25) is 0 Å². The van der Waals surface area contributed by atoms with Crippen molar-refractivity contribution in [1.82, 2.24) is 9.97 Å². The van der Waals surface area contributed by atoms with Crippen molar-refractivity contribution in [2.45, 2.75) is 6.42 Å². The summed E-state index contributed by atoms with van der Waals surface area (Å²) in [6, 6.07) is 6.38. The fourth-order valence-corrected chi connectivity index (χ4v) is 1.56. The van der Waals surface area contributed by atoms with E-state index in [-0.39, 0.29) is 5.69 Å². The van der Waals surface area contributed by atoms with Crippen LogP contribution in [-0.2, 0) is 6.42 Å². The Kier molecular flexibility index (Phi) is 3.59. The fourth-order valence-electron chi connectivity index (χ4n) is 1.56. The molecule has 1 heterocycles. The van der Waals surface area contributed by atoms with E-state index in [9.17, 15) is 10.1 Å². The van der Waals surface area contributed by atoms with Crippen LogP contribution in [0.1, 0.15) is 5.82 Å². The molecule has 2 rings (SSSR count). The molecule has 0 spiro atoms. The number of nitro benzene ring substituents is 1. The summed E-state index contributed by atoms with van der Waals surface area (Å²) in [5.41, 5.74) is 6.94. The number of aromatic nitrogens is 2. The molecule has 92 valence electrons.